The third kappa shape index (κ3) is 17.0. The second-order valence-electron chi connectivity index (χ2n) is 17.1. The number of amides is 2. The zero-order valence-corrected chi connectivity index (χ0v) is 41.1. The van der Waals surface area contributed by atoms with Crippen LogP contribution in [0, 0.1) is 11.6 Å². The van der Waals surface area contributed by atoms with Crippen LogP contribution in [0.5, 0.6) is 0 Å². The lowest BCUT2D eigenvalue weighted by atomic mass is 10.0. The molecular weight excluding hydrogens is 1090 g/mol. The van der Waals surface area contributed by atoms with Crippen LogP contribution in [0.2, 0.25) is 0 Å². The number of ether oxygens (including phenoxy) is 4. The normalized spacial score (nSPS) is 21.1. The van der Waals surface area contributed by atoms with Crippen molar-refractivity contribution in [1.29, 1.82) is 0 Å². The first kappa shape index (κ1) is 61.4. The molecule has 0 saturated carbocycles. The fourth-order valence-corrected chi connectivity index (χ4v) is 8.01. The van der Waals surface area contributed by atoms with E-state index in [0.29, 0.717) is 66.5 Å². The third-order valence-electron chi connectivity index (χ3n) is 11.6. The van der Waals surface area contributed by atoms with E-state index in [1.54, 1.807) is 0 Å². The lowest BCUT2D eigenvalue weighted by Gasteiger charge is -2.42. The number of nitrogens with one attached hydrogen (secondary N) is 3. The van der Waals surface area contributed by atoms with Crippen LogP contribution in [-0.4, -0.2) is 79.4 Å². The van der Waals surface area contributed by atoms with Gasteiger partial charge in [0.05, 0.1) is 89.9 Å². The van der Waals surface area contributed by atoms with Crippen LogP contribution in [0.1, 0.15) is 95.5 Å². The number of hydrogen-bond donors (Lipinski definition) is 3. The van der Waals surface area contributed by atoms with Crippen molar-refractivity contribution in [3.05, 3.63) is 141 Å². The van der Waals surface area contributed by atoms with Crippen molar-refractivity contribution in [3.63, 3.8) is 0 Å². The van der Waals surface area contributed by atoms with Crippen LogP contribution in [0.4, 0.5) is 61.5 Å². The van der Waals surface area contributed by atoms with E-state index in [1.807, 2.05) is 4.90 Å². The summed E-state index contributed by atoms with van der Waals surface area (Å²) in [4.78, 5) is 23.7. The van der Waals surface area contributed by atoms with Gasteiger partial charge in [-0.3, -0.25) is 14.5 Å². The number of hydrazone groups is 2. The Morgan fingerprint density at radius 1 is 0.618 bits per heavy atom. The molecule has 2 fully saturated rings. The van der Waals surface area contributed by atoms with E-state index in [9.17, 15) is 71.1 Å². The highest BCUT2D eigenvalue weighted by atomic mass is 35.5. The van der Waals surface area contributed by atoms with E-state index in [0.717, 1.165) is 5.71 Å². The number of halogens is 16. The van der Waals surface area contributed by atoms with Crippen LogP contribution in [-0.2, 0) is 53.2 Å². The maximum atomic E-state index is 13.6. The van der Waals surface area contributed by atoms with Gasteiger partial charge in [0.2, 0.25) is 11.8 Å². The fraction of sp³-hybridized carbons (Fsp3) is 0.417. The van der Waals surface area contributed by atoms with Gasteiger partial charge in [-0.2, -0.15) is 62.9 Å². The molecule has 76 heavy (non-hydrogen) atoms. The second-order valence-corrected chi connectivity index (χ2v) is 17.3. The zero-order valence-electron chi connectivity index (χ0n) is 39.6. The number of hydrogen-bond acceptors (Lipinski definition) is 10. The molecular formula is C48H46Cl2F14N6O6. The first-order chi connectivity index (χ1) is 35.1. The standard InChI is InChI=1S/C24H22F7N3O3.C20H18F7NO2.C4H5ClN2O.ClH/c1-13(15-8-16(23(26,27)28)10-17(9-15)24(29,30)31)37-22-21(14-2-4-18(25)5-3-14)34(6-7-36-22)12-19-11-20(35)33-32-19;1-11(13-8-14(19(22,23)24)10-15(9-13)20(25,26)27)30-18-17(28-6-7-29-18)12-2-4-16(21)5-3-12;5-2-3-1-4(8)7-6-3;/h2-5,8-10,13,21-22H,6-7,11-12H2,1H3,(H,33,35);2-5,8-11,17-18,28H,6-7H2,1H3;1-2H2,(H,7,8);1H/t13-,21+,22-;11-,17?,18-;;/m11../s1. The van der Waals surface area contributed by atoms with Gasteiger partial charge in [0.25, 0.3) is 0 Å². The summed E-state index contributed by atoms with van der Waals surface area (Å²) in [5.41, 5.74) is 0.657. The smallest absolute Gasteiger partial charge is 0.349 e. The van der Waals surface area contributed by atoms with Crippen LogP contribution in [0.25, 0.3) is 0 Å². The Kier molecular flexibility index (Phi) is 20.8. The van der Waals surface area contributed by atoms with Crippen LogP contribution in [0.15, 0.2) is 95.1 Å². The summed E-state index contributed by atoms with van der Waals surface area (Å²) >= 11 is 5.35. The van der Waals surface area contributed by atoms with Gasteiger partial charge in [0.1, 0.15) is 11.6 Å². The maximum Gasteiger partial charge on any atom is 0.416 e. The molecule has 28 heteroatoms. The Bertz CT molecular complexity index is 2610. The molecule has 8 rings (SSSR count). The highest BCUT2D eigenvalue weighted by Crippen LogP contribution is 2.41. The summed E-state index contributed by atoms with van der Waals surface area (Å²) in [5.74, 6) is -0.964. The Morgan fingerprint density at radius 3 is 1.42 bits per heavy atom. The highest BCUT2D eigenvalue weighted by molar-refractivity contribution is 6.30. The van der Waals surface area contributed by atoms with Crippen molar-refractivity contribution < 1.29 is 90.0 Å². The molecule has 2 saturated heterocycles. The van der Waals surface area contributed by atoms with Gasteiger partial charge in [-0.05, 0) is 96.8 Å². The molecule has 12 nitrogen and oxygen atoms in total. The Hall–Kier alpha value is -5.48. The van der Waals surface area contributed by atoms with Crippen molar-refractivity contribution in [1.82, 2.24) is 21.1 Å². The summed E-state index contributed by atoms with van der Waals surface area (Å²) in [6.45, 7) is 4.02. The predicted molar refractivity (Wildman–Crippen MR) is 248 cm³/mol. The van der Waals surface area contributed by atoms with E-state index in [1.165, 1.54) is 62.4 Å². The lowest BCUT2D eigenvalue weighted by Crippen LogP contribution is -2.48. The molecule has 6 atom stereocenters. The molecule has 4 aliphatic rings. The van der Waals surface area contributed by atoms with E-state index < -0.39 is 95.5 Å². The highest BCUT2D eigenvalue weighted by Gasteiger charge is 2.41. The van der Waals surface area contributed by atoms with Gasteiger partial charge in [-0.25, -0.2) is 19.6 Å². The largest absolute Gasteiger partial charge is 0.416 e. The molecule has 0 aliphatic carbocycles. The summed E-state index contributed by atoms with van der Waals surface area (Å²) in [7, 11) is 0. The number of nitrogens with zero attached hydrogens (tertiary/aromatic N) is 3. The third-order valence-corrected chi connectivity index (χ3v) is 11.9. The second kappa shape index (κ2) is 25.8. The van der Waals surface area contributed by atoms with Crippen molar-refractivity contribution in [3.8, 4) is 0 Å². The average Bonchev–Trinajstić information content (AvgIpc) is 3.97. The monoisotopic (exact) mass is 1140 g/mol. The summed E-state index contributed by atoms with van der Waals surface area (Å²) < 4.78 is 208. The van der Waals surface area contributed by atoms with Crippen LogP contribution < -0.4 is 16.2 Å². The molecule has 0 bridgehead atoms. The Morgan fingerprint density at radius 2 is 1.03 bits per heavy atom. The van der Waals surface area contributed by atoms with Gasteiger partial charge in [0, 0.05) is 19.6 Å². The van der Waals surface area contributed by atoms with Gasteiger partial charge in [-0.1, -0.05) is 24.3 Å². The molecule has 0 aromatic heterocycles. The topological polar surface area (TPSA) is 135 Å². The molecule has 0 spiro atoms. The number of alkyl halides is 13. The molecule has 4 aliphatic heterocycles. The van der Waals surface area contributed by atoms with Crippen LogP contribution >= 0.6 is 24.0 Å². The minimum atomic E-state index is -5.00. The summed E-state index contributed by atoms with van der Waals surface area (Å²) in [5, 5.41) is 10.7. The number of benzene rings is 4. The van der Waals surface area contributed by atoms with Crippen molar-refractivity contribution >= 4 is 47.2 Å². The van der Waals surface area contributed by atoms with Crippen molar-refractivity contribution in [2.24, 2.45) is 10.2 Å². The molecule has 4 heterocycles. The lowest BCUT2D eigenvalue weighted by molar-refractivity contribution is -0.227. The molecule has 4 aromatic rings. The first-order valence-corrected chi connectivity index (χ1v) is 23.0. The van der Waals surface area contributed by atoms with Gasteiger partial charge < -0.3 is 24.3 Å². The first-order valence-electron chi connectivity index (χ1n) is 22.4. The minimum absolute atomic E-state index is 0. The molecule has 4 aromatic carbocycles. The average molecular weight is 1140 g/mol. The van der Waals surface area contributed by atoms with Gasteiger partial charge in [-0.15, -0.1) is 24.0 Å². The quantitative estimate of drug-likeness (QED) is 0.0998. The number of rotatable bonds is 11. The summed E-state index contributed by atoms with van der Waals surface area (Å²) in [6.07, 6.45) is -24.0. The van der Waals surface area contributed by atoms with E-state index in [4.69, 9.17) is 30.5 Å². The molecule has 2 amide bonds. The maximum absolute atomic E-state index is 13.6. The molecule has 416 valence electrons. The summed E-state index contributed by atoms with van der Waals surface area (Å²) in [6, 6.07) is 12.1. The van der Waals surface area contributed by atoms with E-state index >= 15 is 0 Å². The van der Waals surface area contributed by atoms with E-state index in [-0.39, 0.29) is 73.7 Å². The fourth-order valence-electron chi connectivity index (χ4n) is 7.85. The van der Waals surface area contributed by atoms with Crippen molar-refractivity contribution in [2.75, 3.05) is 38.7 Å². The number of carbonyl (C=O) groups excluding carboxylic acids is 2. The molecule has 1 unspecified atom stereocenters. The molecule has 3 N–H and O–H groups in total. The predicted octanol–water partition coefficient (Wildman–Crippen LogP) is 11.4. The Balaban J connectivity index is 0.000000245. The van der Waals surface area contributed by atoms with Gasteiger partial charge >= 0.3 is 24.7 Å². The van der Waals surface area contributed by atoms with E-state index in [2.05, 4.69) is 26.4 Å². The molecule has 0 radical (unpaired) electrons. The number of morpholine rings is 2. The minimum Gasteiger partial charge on any atom is -0.349 e. The Labute approximate surface area is 435 Å². The van der Waals surface area contributed by atoms with Gasteiger partial charge in [0.15, 0.2) is 12.6 Å². The van der Waals surface area contributed by atoms with Crippen LogP contribution in [0.3, 0.4) is 0 Å². The zero-order chi connectivity index (χ0) is 55.0. The van der Waals surface area contributed by atoms with Crippen molar-refractivity contribution in [2.45, 2.75) is 88.3 Å². The SMILES string of the molecule is C[C@@H](O[C@H]1OCCN(CC2=NNC(=O)C2)[C@H]1c1ccc(F)cc1)c1cc(C(F)(F)F)cc(C(F)(F)F)c1.C[C@@H](O[C@H]1OCCNC1c1ccc(F)cc1)c1cc(C(F)(F)F)cc(C(F)(F)F)c1.Cl.O=C1CC(CCl)=NN1. The number of carbonyl (C=O) groups is 2.